The molecule has 11 heteroatoms. The predicted molar refractivity (Wildman–Crippen MR) is 134 cm³/mol. The summed E-state index contributed by atoms with van der Waals surface area (Å²) in [6.45, 7) is 6.72. The van der Waals surface area contributed by atoms with Crippen LogP contribution in [0.2, 0.25) is 10.0 Å². The molecular weight excluding hydrogens is 505 g/mol. The summed E-state index contributed by atoms with van der Waals surface area (Å²) in [6, 6.07) is 5.52. The van der Waals surface area contributed by atoms with Crippen LogP contribution in [0, 0.1) is 11.3 Å². The van der Waals surface area contributed by atoms with Crippen molar-refractivity contribution >= 4 is 41.1 Å². The van der Waals surface area contributed by atoms with Gasteiger partial charge in [0.15, 0.2) is 0 Å². The lowest BCUT2D eigenvalue weighted by Crippen LogP contribution is -2.58. The standard InChI is InChI=1S/C25H31Cl2N5O4/c1-25(2,3)36-24(35)29-20(22(33)31-9-5-6-15(31)11-28)14-30-12-16-10-21(30)23(34)32(16)13-17-18(26)7-4-8-19(17)27/h4,7-8,15-16,20-21H,5-6,9-10,12-14H2,1-3H3,(H,29,35)/t15-,16-,20-,21-/m0/s1. The lowest BCUT2D eigenvalue weighted by atomic mass is 10.1. The first kappa shape index (κ1) is 26.5. The van der Waals surface area contributed by atoms with Gasteiger partial charge in [-0.3, -0.25) is 14.5 Å². The van der Waals surface area contributed by atoms with Gasteiger partial charge in [-0.2, -0.15) is 5.26 Å². The number of nitrogens with one attached hydrogen (secondary N) is 1. The summed E-state index contributed by atoms with van der Waals surface area (Å²) in [4.78, 5) is 44.5. The Morgan fingerprint density at radius 2 is 1.97 bits per heavy atom. The van der Waals surface area contributed by atoms with E-state index in [4.69, 9.17) is 27.9 Å². The first-order valence-corrected chi connectivity index (χ1v) is 12.9. The van der Waals surface area contributed by atoms with E-state index in [1.807, 2.05) is 4.90 Å². The number of carbonyl (C=O) groups excluding carboxylic acids is 3. The number of halogens is 2. The number of carbonyl (C=O) groups is 3. The molecule has 0 aromatic heterocycles. The van der Waals surface area contributed by atoms with Crippen LogP contribution in [0.3, 0.4) is 0 Å². The summed E-state index contributed by atoms with van der Waals surface area (Å²) < 4.78 is 5.38. The molecule has 3 aliphatic rings. The zero-order valence-electron chi connectivity index (χ0n) is 20.7. The number of piperazine rings is 1. The average Bonchev–Trinajstić information content (AvgIpc) is 3.49. The van der Waals surface area contributed by atoms with Crippen molar-refractivity contribution in [2.75, 3.05) is 19.6 Å². The summed E-state index contributed by atoms with van der Waals surface area (Å²) in [5.74, 6) is -0.387. The van der Waals surface area contributed by atoms with Crippen molar-refractivity contribution in [3.05, 3.63) is 33.8 Å². The number of nitrogens with zero attached hydrogens (tertiary/aromatic N) is 4. The molecule has 9 nitrogen and oxygen atoms in total. The zero-order valence-corrected chi connectivity index (χ0v) is 22.2. The van der Waals surface area contributed by atoms with Gasteiger partial charge in [0.25, 0.3) is 0 Å². The lowest BCUT2D eigenvalue weighted by Gasteiger charge is -2.36. The van der Waals surface area contributed by atoms with Crippen LogP contribution in [0.5, 0.6) is 0 Å². The number of alkyl carbamates (subject to hydrolysis) is 1. The molecule has 1 aromatic rings. The van der Waals surface area contributed by atoms with Gasteiger partial charge >= 0.3 is 6.09 Å². The Hall–Kier alpha value is -2.54. The van der Waals surface area contributed by atoms with Crippen molar-refractivity contribution in [2.24, 2.45) is 0 Å². The second kappa shape index (κ2) is 10.4. The van der Waals surface area contributed by atoms with Crippen LogP contribution in [0.25, 0.3) is 0 Å². The van der Waals surface area contributed by atoms with Crippen LogP contribution < -0.4 is 5.32 Å². The van der Waals surface area contributed by atoms with Crippen LogP contribution in [0.15, 0.2) is 18.2 Å². The molecule has 4 rings (SSSR count). The minimum atomic E-state index is -0.938. The molecule has 36 heavy (non-hydrogen) atoms. The number of ether oxygens (including phenoxy) is 1. The van der Waals surface area contributed by atoms with Crippen molar-refractivity contribution in [3.8, 4) is 6.07 Å². The van der Waals surface area contributed by atoms with Crippen molar-refractivity contribution in [2.45, 2.75) is 76.3 Å². The topological polar surface area (TPSA) is 106 Å². The number of likely N-dealkylation sites (tertiary alicyclic amines) is 3. The predicted octanol–water partition coefficient (Wildman–Crippen LogP) is 3.19. The van der Waals surface area contributed by atoms with Crippen molar-refractivity contribution in [3.63, 3.8) is 0 Å². The number of hydrogen-bond donors (Lipinski definition) is 1. The maximum absolute atomic E-state index is 13.4. The molecule has 0 spiro atoms. The lowest BCUT2D eigenvalue weighted by molar-refractivity contribution is -0.140. The first-order valence-electron chi connectivity index (χ1n) is 12.2. The fraction of sp³-hybridized carbons (Fsp3) is 0.600. The molecule has 1 aromatic carbocycles. The summed E-state index contributed by atoms with van der Waals surface area (Å²) in [5.41, 5.74) is -0.0200. The van der Waals surface area contributed by atoms with Gasteiger partial charge < -0.3 is 19.9 Å². The Kier molecular flexibility index (Phi) is 7.69. The maximum Gasteiger partial charge on any atom is 0.408 e. The molecule has 3 fully saturated rings. The highest BCUT2D eigenvalue weighted by molar-refractivity contribution is 6.36. The van der Waals surface area contributed by atoms with E-state index in [-0.39, 0.29) is 24.4 Å². The average molecular weight is 536 g/mol. The van der Waals surface area contributed by atoms with E-state index in [2.05, 4.69) is 11.4 Å². The molecule has 3 heterocycles. The second-order valence-electron chi connectivity index (χ2n) is 10.5. The van der Waals surface area contributed by atoms with Gasteiger partial charge in [0, 0.05) is 47.8 Å². The number of fused-ring (bicyclic) bond motifs is 2. The van der Waals surface area contributed by atoms with Crippen LogP contribution in [0.1, 0.15) is 45.6 Å². The molecule has 0 radical (unpaired) electrons. The van der Waals surface area contributed by atoms with E-state index in [9.17, 15) is 19.6 Å². The van der Waals surface area contributed by atoms with Gasteiger partial charge in [-0.25, -0.2) is 4.79 Å². The zero-order chi connectivity index (χ0) is 26.2. The maximum atomic E-state index is 13.4. The summed E-state index contributed by atoms with van der Waals surface area (Å²) in [7, 11) is 0. The third-order valence-corrected chi connectivity index (χ3v) is 7.58. The number of rotatable bonds is 6. The van der Waals surface area contributed by atoms with E-state index in [1.54, 1.807) is 43.9 Å². The number of benzene rings is 1. The van der Waals surface area contributed by atoms with Gasteiger partial charge in [0.05, 0.1) is 12.1 Å². The number of hydrogen-bond acceptors (Lipinski definition) is 6. The molecule has 3 amide bonds. The largest absolute Gasteiger partial charge is 0.444 e. The molecule has 194 valence electrons. The first-order chi connectivity index (χ1) is 17.0. The molecule has 2 bridgehead atoms. The molecule has 1 N–H and O–H groups in total. The summed E-state index contributed by atoms with van der Waals surface area (Å²) in [6.07, 6.45) is 1.25. The van der Waals surface area contributed by atoms with Crippen LogP contribution >= 0.6 is 23.2 Å². The molecule has 4 atom stereocenters. The Balaban J connectivity index is 1.47. The Bertz CT molecular complexity index is 1060. The summed E-state index contributed by atoms with van der Waals surface area (Å²) >= 11 is 12.6. The molecular formula is C25H31Cl2N5O4. The highest BCUT2D eigenvalue weighted by Gasteiger charge is 2.50. The highest BCUT2D eigenvalue weighted by Crippen LogP contribution is 2.36. The van der Waals surface area contributed by atoms with E-state index in [0.29, 0.717) is 48.1 Å². The fourth-order valence-electron chi connectivity index (χ4n) is 5.23. The van der Waals surface area contributed by atoms with E-state index >= 15 is 0 Å². The minimum Gasteiger partial charge on any atom is -0.444 e. The van der Waals surface area contributed by atoms with E-state index in [1.165, 1.54) is 4.90 Å². The quantitative estimate of drug-likeness (QED) is 0.599. The molecule has 0 unspecified atom stereocenters. The third kappa shape index (κ3) is 5.56. The molecule has 3 saturated heterocycles. The Morgan fingerprint density at radius 1 is 1.28 bits per heavy atom. The van der Waals surface area contributed by atoms with Gasteiger partial charge in [-0.15, -0.1) is 0 Å². The number of nitriles is 1. The van der Waals surface area contributed by atoms with Crippen molar-refractivity contribution in [1.82, 2.24) is 20.0 Å². The van der Waals surface area contributed by atoms with Crippen molar-refractivity contribution < 1.29 is 19.1 Å². The van der Waals surface area contributed by atoms with Gasteiger partial charge in [0.1, 0.15) is 17.7 Å². The SMILES string of the molecule is CC(C)(C)OC(=O)N[C@@H](CN1C[C@@H]2C[C@H]1C(=O)N2Cc1c(Cl)cccc1Cl)C(=O)N1CCC[C@H]1C#N. The third-order valence-electron chi connectivity index (χ3n) is 6.87. The molecule has 0 saturated carbocycles. The highest BCUT2D eigenvalue weighted by atomic mass is 35.5. The van der Waals surface area contributed by atoms with Gasteiger partial charge in [-0.1, -0.05) is 29.3 Å². The molecule has 3 aliphatic heterocycles. The minimum absolute atomic E-state index is 0.0502. The normalized spacial score (nSPS) is 24.7. The van der Waals surface area contributed by atoms with E-state index in [0.717, 1.165) is 6.42 Å². The number of amides is 3. The molecule has 0 aliphatic carbocycles. The fourth-order valence-corrected chi connectivity index (χ4v) is 5.75. The van der Waals surface area contributed by atoms with Crippen LogP contribution in [-0.4, -0.2) is 82.0 Å². The van der Waals surface area contributed by atoms with Crippen molar-refractivity contribution in [1.29, 1.82) is 5.26 Å². The smallest absolute Gasteiger partial charge is 0.408 e. The monoisotopic (exact) mass is 535 g/mol. The van der Waals surface area contributed by atoms with Crippen LogP contribution in [-0.2, 0) is 20.9 Å². The summed E-state index contributed by atoms with van der Waals surface area (Å²) in [5, 5.41) is 13.2. The van der Waals surface area contributed by atoms with Gasteiger partial charge in [0.2, 0.25) is 11.8 Å². The van der Waals surface area contributed by atoms with Gasteiger partial charge in [-0.05, 0) is 52.2 Å². The second-order valence-corrected chi connectivity index (χ2v) is 11.4. The van der Waals surface area contributed by atoms with E-state index < -0.39 is 29.8 Å². The van der Waals surface area contributed by atoms with Crippen LogP contribution in [0.4, 0.5) is 4.79 Å². The Labute approximate surface area is 221 Å². The Morgan fingerprint density at radius 3 is 2.58 bits per heavy atom.